The molecular formula is C17H22N4O4S. The van der Waals surface area contributed by atoms with E-state index in [1.54, 1.807) is 12.3 Å². The molecule has 140 valence electrons. The number of benzene rings is 1. The van der Waals surface area contributed by atoms with Crippen molar-refractivity contribution in [3.8, 4) is 0 Å². The maximum atomic E-state index is 12.0. The van der Waals surface area contributed by atoms with Crippen molar-refractivity contribution in [2.45, 2.75) is 37.1 Å². The zero-order valence-electron chi connectivity index (χ0n) is 14.8. The van der Waals surface area contributed by atoms with E-state index in [9.17, 15) is 18.5 Å². The van der Waals surface area contributed by atoms with E-state index in [1.165, 1.54) is 12.1 Å². The van der Waals surface area contributed by atoms with Crippen molar-refractivity contribution in [2.24, 2.45) is 0 Å². The van der Waals surface area contributed by atoms with Crippen molar-refractivity contribution in [3.63, 3.8) is 0 Å². The highest BCUT2D eigenvalue weighted by molar-refractivity contribution is 7.90. The first kappa shape index (κ1) is 18.4. The molecule has 1 aromatic carbocycles. The van der Waals surface area contributed by atoms with Crippen LogP contribution in [0.4, 0.5) is 11.4 Å². The molecule has 1 aliphatic heterocycles. The summed E-state index contributed by atoms with van der Waals surface area (Å²) < 4.78 is 26.2. The van der Waals surface area contributed by atoms with Gasteiger partial charge in [-0.1, -0.05) is 6.92 Å². The van der Waals surface area contributed by atoms with Crippen LogP contribution in [0.25, 0.3) is 0 Å². The Bertz CT molecular complexity index is 923. The monoisotopic (exact) mass is 378 g/mol. The fraction of sp³-hybridized carbons (Fsp3) is 0.471. The molecule has 0 radical (unpaired) electrons. The van der Waals surface area contributed by atoms with Crippen LogP contribution in [0.2, 0.25) is 0 Å². The van der Waals surface area contributed by atoms with Crippen molar-refractivity contribution in [1.29, 1.82) is 0 Å². The maximum Gasteiger partial charge on any atom is 0.288 e. The average Bonchev–Trinajstić information content (AvgIpc) is 3.09. The molecule has 1 aliphatic rings. The Labute approximate surface area is 152 Å². The van der Waals surface area contributed by atoms with Gasteiger partial charge in [0.25, 0.3) is 5.69 Å². The molecule has 2 aromatic rings. The molecule has 0 N–H and O–H groups in total. The lowest BCUT2D eigenvalue weighted by Crippen LogP contribution is -2.37. The van der Waals surface area contributed by atoms with Gasteiger partial charge in [0.05, 0.1) is 11.0 Å². The number of rotatable bonds is 5. The third-order valence-corrected chi connectivity index (χ3v) is 5.89. The first-order valence-electron chi connectivity index (χ1n) is 8.56. The second kappa shape index (κ2) is 7.06. The molecule has 0 spiro atoms. The summed E-state index contributed by atoms with van der Waals surface area (Å²) in [6, 6.07) is 4.58. The Morgan fingerprint density at radius 1 is 1.38 bits per heavy atom. The molecule has 0 amide bonds. The van der Waals surface area contributed by atoms with Gasteiger partial charge in [0, 0.05) is 49.9 Å². The first-order valence-corrected chi connectivity index (χ1v) is 10.5. The summed E-state index contributed by atoms with van der Waals surface area (Å²) in [6.07, 6.45) is 7.59. The smallest absolute Gasteiger partial charge is 0.288 e. The third-order valence-electron chi connectivity index (χ3n) is 4.76. The van der Waals surface area contributed by atoms with Crippen LogP contribution in [-0.2, 0) is 16.3 Å². The lowest BCUT2D eigenvalue weighted by Gasteiger charge is -2.35. The van der Waals surface area contributed by atoms with Crippen LogP contribution in [0.15, 0.2) is 35.5 Å². The van der Waals surface area contributed by atoms with Gasteiger partial charge in [-0.3, -0.25) is 10.1 Å². The van der Waals surface area contributed by atoms with Crippen molar-refractivity contribution in [3.05, 3.63) is 46.5 Å². The largest absolute Gasteiger partial charge is 0.369 e. The molecule has 0 saturated carbocycles. The maximum absolute atomic E-state index is 12.0. The van der Waals surface area contributed by atoms with Gasteiger partial charge in [-0.05, 0) is 25.0 Å². The van der Waals surface area contributed by atoms with E-state index in [0.717, 1.165) is 37.9 Å². The van der Waals surface area contributed by atoms with E-state index >= 15 is 0 Å². The third kappa shape index (κ3) is 3.57. The van der Waals surface area contributed by atoms with Crippen LogP contribution >= 0.6 is 0 Å². The highest BCUT2D eigenvalue weighted by atomic mass is 32.2. The highest BCUT2D eigenvalue weighted by Crippen LogP contribution is 2.32. The molecule has 1 saturated heterocycles. The van der Waals surface area contributed by atoms with Crippen LogP contribution < -0.4 is 4.90 Å². The summed E-state index contributed by atoms with van der Waals surface area (Å²) in [5.74, 6) is 1.03. The molecule has 8 nitrogen and oxygen atoms in total. The molecule has 2 heterocycles. The van der Waals surface area contributed by atoms with Gasteiger partial charge in [-0.15, -0.1) is 0 Å². The number of hydrogen-bond acceptors (Lipinski definition) is 6. The molecule has 1 unspecified atom stereocenters. The summed E-state index contributed by atoms with van der Waals surface area (Å²) in [5.41, 5.74) is 0.312. The van der Waals surface area contributed by atoms with Crippen molar-refractivity contribution in [2.75, 3.05) is 24.2 Å². The highest BCUT2D eigenvalue weighted by Gasteiger charge is 2.27. The number of aromatic nitrogens is 2. The standard InChI is InChI=1S/C17H22N4O4S/c1-3-17-18-8-10-20(17)14-5-4-9-19(12-14)13-6-7-15(21(22)23)16(11-13)26(2,24)25/h6-8,10-11,14H,3-5,9,12H2,1-2H3. The number of anilines is 1. The number of aryl methyl sites for hydroxylation is 1. The van der Waals surface area contributed by atoms with Gasteiger partial charge in [-0.25, -0.2) is 13.4 Å². The molecule has 1 fully saturated rings. The molecule has 0 bridgehead atoms. The Morgan fingerprint density at radius 3 is 2.81 bits per heavy atom. The van der Waals surface area contributed by atoms with Gasteiger partial charge in [0.2, 0.25) is 0 Å². The Morgan fingerprint density at radius 2 is 2.15 bits per heavy atom. The van der Waals surface area contributed by atoms with Crippen molar-refractivity contribution >= 4 is 21.2 Å². The average molecular weight is 378 g/mol. The number of hydrogen-bond donors (Lipinski definition) is 0. The summed E-state index contributed by atoms with van der Waals surface area (Å²) in [4.78, 5) is 16.7. The summed E-state index contributed by atoms with van der Waals surface area (Å²) in [7, 11) is -3.69. The van der Waals surface area contributed by atoms with E-state index in [0.29, 0.717) is 12.2 Å². The Kier molecular flexibility index (Phi) is 4.99. The number of sulfone groups is 1. The lowest BCUT2D eigenvalue weighted by molar-refractivity contribution is -0.387. The predicted molar refractivity (Wildman–Crippen MR) is 98.3 cm³/mol. The lowest BCUT2D eigenvalue weighted by atomic mass is 10.0. The van der Waals surface area contributed by atoms with Crippen LogP contribution in [0.1, 0.15) is 31.6 Å². The first-order chi connectivity index (χ1) is 12.3. The Balaban J connectivity index is 1.92. The number of nitro groups is 1. The van der Waals surface area contributed by atoms with Gasteiger partial charge in [-0.2, -0.15) is 0 Å². The van der Waals surface area contributed by atoms with Crippen LogP contribution in [-0.4, -0.2) is 42.2 Å². The minimum atomic E-state index is -3.69. The number of nitro benzene ring substituents is 1. The molecule has 1 aromatic heterocycles. The minimum absolute atomic E-state index is 0.237. The molecule has 0 aliphatic carbocycles. The van der Waals surface area contributed by atoms with Crippen LogP contribution in [0, 0.1) is 10.1 Å². The quantitative estimate of drug-likeness (QED) is 0.586. The fourth-order valence-electron chi connectivity index (χ4n) is 3.51. The molecule has 26 heavy (non-hydrogen) atoms. The summed E-state index contributed by atoms with van der Waals surface area (Å²) in [6.45, 7) is 3.56. The van der Waals surface area contributed by atoms with E-state index in [-0.39, 0.29) is 16.6 Å². The molecule has 3 rings (SSSR count). The zero-order chi connectivity index (χ0) is 18.9. The normalized spacial score (nSPS) is 18.1. The minimum Gasteiger partial charge on any atom is -0.369 e. The molecule has 9 heteroatoms. The van der Waals surface area contributed by atoms with Crippen LogP contribution in [0.5, 0.6) is 0 Å². The SMILES string of the molecule is CCc1nccn1C1CCCN(c2ccc([N+](=O)[O-])c(S(C)(=O)=O)c2)C1. The van der Waals surface area contributed by atoms with Gasteiger partial charge >= 0.3 is 0 Å². The second-order valence-corrected chi connectivity index (χ2v) is 8.51. The van der Waals surface area contributed by atoms with E-state index in [2.05, 4.69) is 21.4 Å². The predicted octanol–water partition coefficient (Wildman–Crippen LogP) is 2.60. The van der Waals surface area contributed by atoms with E-state index < -0.39 is 14.8 Å². The zero-order valence-corrected chi connectivity index (χ0v) is 15.6. The summed E-state index contributed by atoms with van der Waals surface area (Å²) in [5, 5.41) is 11.2. The van der Waals surface area contributed by atoms with Crippen molar-refractivity contribution in [1.82, 2.24) is 9.55 Å². The number of imidazole rings is 1. The number of piperidine rings is 1. The van der Waals surface area contributed by atoms with E-state index in [4.69, 9.17) is 0 Å². The Hall–Kier alpha value is -2.42. The fourth-order valence-corrected chi connectivity index (χ4v) is 4.37. The molecule has 1 atom stereocenters. The summed E-state index contributed by atoms with van der Waals surface area (Å²) >= 11 is 0. The van der Waals surface area contributed by atoms with E-state index in [1.807, 2.05) is 6.20 Å². The molecular weight excluding hydrogens is 356 g/mol. The van der Waals surface area contributed by atoms with Crippen LogP contribution in [0.3, 0.4) is 0 Å². The number of nitrogens with zero attached hydrogens (tertiary/aromatic N) is 4. The van der Waals surface area contributed by atoms with Gasteiger partial charge in [0.15, 0.2) is 9.84 Å². The van der Waals surface area contributed by atoms with Gasteiger partial charge < -0.3 is 9.47 Å². The topological polar surface area (TPSA) is 98.3 Å². The van der Waals surface area contributed by atoms with Gasteiger partial charge in [0.1, 0.15) is 10.7 Å². The van der Waals surface area contributed by atoms with Crippen molar-refractivity contribution < 1.29 is 13.3 Å². The second-order valence-electron chi connectivity index (χ2n) is 6.53.